The number of aryl methyl sites for hydroxylation is 1. The number of rotatable bonds is 4. The van der Waals surface area contributed by atoms with Crippen molar-refractivity contribution in [3.05, 3.63) is 11.9 Å². The van der Waals surface area contributed by atoms with Crippen LogP contribution in [0.25, 0.3) is 0 Å². The zero-order valence-electron chi connectivity index (χ0n) is 13.2. The molecule has 0 N–H and O–H groups in total. The summed E-state index contributed by atoms with van der Waals surface area (Å²) >= 11 is 0. The first-order valence-corrected chi connectivity index (χ1v) is 7.29. The fraction of sp³-hybridized carbons (Fsp3) is 0.571. The van der Waals surface area contributed by atoms with Gasteiger partial charge in [-0.2, -0.15) is 0 Å². The van der Waals surface area contributed by atoms with Crippen molar-refractivity contribution in [1.29, 1.82) is 0 Å². The maximum atomic E-state index is 12.8. The fourth-order valence-electron chi connectivity index (χ4n) is 3.01. The summed E-state index contributed by atoms with van der Waals surface area (Å²) in [5.41, 5.74) is 1.04. The van der Waals surface area contributed by atoms with Crippen LogP contribution in [0.15, 0.2) is 11.2 Å². The van der Waals surface area contributed by atoms with E-state index in [0.29, 0.717) is 18.4 Å². The molecule has 3 rings (SSSR count). The second-order valence-corrected chi connectivity index (χ2v) is 5.42. The number of aromatic nitrogens is 2. The largest absolute Gasteiger partial charge is 0.401 e. The second kappa shape index (κ2) is 5.20. The first-order valence-electron chi connectivity index (χ1n) is 7.29. The molecule has 2 aliphatic heterocycles. The molecule has 1 aromatic heterocycles. The van der Waals surface area contributed by atoms with Crippen LogP contribution in [-0.4, -0.2) is 59.4 Å². The van der Waals surface area contributed by atoms with Crippen molar-refractivity contribution in [2.45, 2.75) is 26.4 Å². The van der Waals surface area contributed by atoms with Gasteiger partial charge in [0.05, 0.1) is 19.7 Å². The Balaban J connectivity index is 2.04. The molecule has 8 heteroatoms. The molecule has 0 saturated carbocycles. The van der Waals surface area contributed by atoms with Crippen LogP contribution >= 0.6 is 0 Å². The molecule has 3 amide bonds. The molecule has 0 aromatic carbocycles. The minimum Gasteiger partial charge on any atom is -0.383 e. The van der Waals surface area contributed by atoms with Crippen molar-refractivity contribution in [2.75, 3.05) is 27.3 Å². The SMILES string of the molecule is CCn1c(C)c[n+]2c1N=C1C2C(=O)N(CCOC)C(=O)N1C. The van der Waals surface area contributed by atoms with Crippen molar-refractivity contribution >= 4 is 23.7 Å². The molecule has 0 aliphatic carbocycles. The average molecular weight is 306 g/mol. The maximum absolute atomic E-state index is 12.8. The van der Waals surface area contributed by atoms with E-state index in [0.717, 1.165) is 12.2 Å². The third-order valence-corrected chi connectivity index (χ3v) is 4.16. The third kappa shape index (κ3) is 1.87. The Morgan fingerprint density at radius 1 is 1.41 bits per heavy atom. The number of fused-ring (bicyclic) bond motifs is 3. The number of carbonyl (C=O) groups excluding carboxylic acids is 2. The molecular formula is C14H20N5O3+. The summed E-state index contributed by atoms with van der Waals surface area (Å²) < 4.78 is 8.86. The van der Waals surface area contributed by atoms with E-state index in [4.69, 9.17) is 4.74 Å². The Bertz CT molecular complexity index is 678. The topological polar surface area (TPSA) is 71.0 Å². The lowest BCUT2D eigenvalue weighted by molar-refractivity contribution is -0.677. The van der Waals surface area contributed by atoms with Gasteiger partial charge in [-0.3, -0.25) is 14.6 Å². The van der Waals surface area contributed by atoms with Crippen molar-refractivity contribution in [2.24, 2.45) is 4.99 Å². The van der Waals surface area contributed by atoms with E-state index in [1.807, 2.05) is 29.2 Å². The molecule has 3 heterocycles. The molecule has 1 unspecified atom stereocenters. The zero-order valence-corrected chi connectivity index (χ0v) is 13.2. The molecule has 8 nitrogen and oxygen atoms in total. The van der Waals surface area contributed by atoms with Crippen LogP contribution in [0.1, 0.15) is 18.7 Å². The predicted molar refractivity (Wildman–Crippen MR) is 77.9 cm³/mol. The van der Waals surface area contributed by atoms with Gasteiger partial charge in [0, 0.05) is 14.2 Å². The summed E-state index contributed by atoms with van der Waals surface area (Å²) in [6, 6.07) is -0.927. The molecule has 0 bridgehead atoms. The normalized spacial score (nSPS) is 20.4. The lowest BCUT2D eigenvalue weighted by atomic mass is 10.1. The van der Waals surface area contributed by atoms with Gasteiger partial charge in [-0.1, -0.05) is 4.99 Å². The van der Waals surface area contributed by atoms with Crippen LogP contribution in [0, 0.1) is 6.92 Å². The number of hydrogen-bond donors (Lipinski definition) is 0. The van der Waals surface area contributed by atoms with Gasteiger partial charge < -0.3 is 4.74 Å². The van der Waals surface area contributed by atoms with Crippen molar-refractivity contribution in [3.8, 4) is 0 Å². The van der Waals surface area contributed by atoms with E-state index in [1.54, 1.807) is 14.2 Å². The molecule has 1 aromatic rings. The number of amides is 3. The predicted octanol–water partition coefficient (Wildman–Crippen LogP) is 0.229. The molecule has 1 fully saturated rings. The third-order valence-electron chi connectivity index (χ3n) is 4.16. The number of likely N-dealkylation sites (N-methyl/N-ethyl adjacent to an activating group) is 1. The van der Waals surface area contributed by atoms with E-state index in [9.17, 15) is 9.59 Å². The minimum absolute atomic E-state index is 0.242. The van der Waals surface area contributed by atoms with Crippen LogP contribution in [0.5, 0.6) is 0 Å². The number of nitrogens with zero attached hydrogens (tertiary/aromatic N) is 5. The van der Waals surface area contributed by atoms with Crippen LogP contribution in [0.2, 0.25) is 0 Å². The number of amidine groups is 1. The summed E-state index contributed by atoms with van der Waals surface area (Å²) in [6.07, 6.45) is 1.91. The average Bonchev–Trinajstić information content (AvgIpc) is 2.99. The zero-order chi connectivity index (χ0) is 16.0. The van der Waals surface area contributed by atoms with Gasteiger partial charge in [0.15, 0.2) is 0 Å². The van der Waals surface area contributed by atoms with Crippen molar-refractivity contribution in [3.63, 3.8) is 0 Å². The first kappa shape index (κ1) is 14.7. The Labute approximate surface area is 128 Å². The Kier molecular flexibility index (Phi) is 3.48. The van der Waals surface area contributed by atoms with Gasteiger partial charge in [0.25, 0.3) is 5.91 Å². The summed E-state index contributed by atoms with van der Waals surface area (Å²) in [5, 5.41) is 0. The van der Waals surface area contributed by atoms with Gasteiger partial charge in [-0.25, -0.2) is 13.9 Å². The van der Waals surface area contributed by atoms with Crippen LogP contribution in [-0.2, 0) is 16.1 Å². The van der Waals surface area contributed by atoms with Gasteiger partial charge in [0.2, 0.25) is 11.9 Å². The Morgan fingerprint density at radius 3 is 2.77 bits per heavy atom. The molecule has 118 valence electrons. The second-order valence-electron chi connectivity index (χ2n) is 5.42. The van der Waals surface area contributed by atoms with Gasteiger partial charge in [-0.15, -0.1) is 0 Å². The van der Waals surface area contributed by atoms with E-state index >= 15 is 0 Å². The van der Waals surface area contributed by atoms with E-state index < -0.39 is 6.04 Å². The van der Waals surface area contributed by atoms with Crippen LogP contribution < -0.4 is 4.57 Å². The number of imidazole rings is 1. The summed E-state index contributed by atoms with van der Waals surface area (Å²) in [5.74, 6) is 0.943. The lowest BCUT2D eigenvalue weighted by Crippen LogP contribution is -2.63. The number of hydrogen-bond acceptors (Lipinski definition) is 4. The van der Waals surface area contributed by atoms with Gasteiger partial charge >= 0.3 is 12.0 Å². The Morgan fingerprint density at radius 2 is 2.14 bits per heavy atom. The number of carbonyl (C=O) groups is 2. The highest BCUT2D eigenvalue weighted by Crippen LogP contribution is 2.28. The summed E-state index contributed by atoms with van der Waals surface area (Å²) in [7, 11) is 3.19. The van der Waals surface area contributed by atoms with Gasteiger partial charge in [0.1, 0.15) is 11.9 Å². The molecule has 1 saturated heterocycles. The number of methoxy groups -OCH3 is 1. The smallest absolute Gasteiger partial charge is 0.383 e. The van der Waals surface area contributed by atoms with Gasteiger partial charge in [-0.05, 0) is 13.8 Å². The van der Waals surface area contributed by atoms with E-state index in [-0.39, 0.29) is 18.5 Å². The quantitative estimate of drug-likeness (QED) is 0.748. The van der Waals surface area contributed by atoms with Crippen LogP contribution in [0.3, 0.4) is 0 Å². The molecule has 22 heavy (non-hydrogen) atoms. The van der Waals surface area contributed by atoms with Crippen molar-refractivity contribution < 1.29 is 18.9 Å². The maximum Gasteiger partial charge on any atom is 0.401 e. The number of ether oxygens (including phenoxy) is 1. The van der Waals surface area contributed by atoms with Crippen molar-refractivity contribution in [1.82, 2.24) is 14.4 Å². The van der Waals surface area contributed by atoms with E-state index in [2.05, 4.69) is 4.99 Å². The standard InChI is InChI=1S/C14H20N5O3/c1-5-17-9(2)8-19-10-11(15-13(17)19)16(3)14(21)18(12(10)20)6-7-22-4/h8,10H,5-7H2,1-4H3/q+1. The van der Waals surface area contributed by atoms with E-state index in [1.165, 1.54) is 9.80 Å². The highest BCUT2D eigenvalue weighted by Gasteiger charge is 2.52. The lowest BCUT2D eigenvalue weighted by Gasteiger charge is -2.32. The molecule has 0 spiro atoms. The first-order chi connectivity index (χ1) is 10.5. The molecule has 1 atom stereocenters. The summed E-state index contributed by atoms with van der Waals surface area (Å²) in [4.78, 5) is 32.3. The minimum atomic E-state index is -0.568. The molecular weight excluding hydrogens is 286 g/mol. The molecule has 2 aliphatic rings. The number of aliphatic imine (C=N–C) groups is 1. The highest BCUT2D eigenvalue weighted by atomic mass is 16.5. The highest BCUT2D eigenvalue weighted by molar-refractivity contribution is 6.19. The van der Waals surface area contributed by atoms with Crippen LogP contribution in [0.4, 0.5) is 10.7 Å². The fourth-order valence-corrected chi connectivity index (χ4v) is 3.01. The summed E-state index contributed by atoms with van der Waals surface area (Å²) in [6.45, 7) is 5.33. The number of imide groups is 1. The monoisotopic (exact) mass is 306 g/mol. The number of urea groups is 1. The Hall–Kier alpha value is -2.22. The molecule has 0 radical (unpaired) electrons.